The van der Waals surface area contributed by atoms with Gasteiger partial charge in [0.1, 0.15) is 11.3 Å². The van der Waals surface area contributed by atoms with E-state index in [4.69, 9.17) is 4.74 Å². The van der Waals surface area contributed by atoms with Crippen LogP contribution in [0.5, 0.6) is 5.75 Å². The monoisotopic (exact) mass is 402 g/mol. The van der Waals surface area contributed by atoms with Crippen LogP contribution in [0.25, 0.3) is 0 Å². The standard InChI is InChI=1S/C19H19BrN2O3/c1-3-25-16-11-7-4-8-13(16)12-22-17(23)19(2,21-18(22)24)14-9-5-6-10-15(14)20/h4-11H,3,12H2,1-2H3,(H,21,24)/t19-/m1/s1. The number of para-hydroxylation sites is 1. The molecular formula is C19H19BrN2O3. The van der Waals surface area contributed by atoms with Gasteiger partial charge in [-0.1, -0.05) is 52.3 Å². The quantitative estimate of drug-likeness (QED) is 0.773. The lowest BCUT2D eigenvalue weighted by atomic mass is 9.92. The Kier molecular flexibility index (Phi) is 4.81. The second kappa shape index (κ2) is 6.88. The molecule has 1 aliphatic rings. The van der Waals surface area contributed by atoms with Crippen LogP contribution in [0.3, 0.4) is 0 Å². The molecular weight excluding hydrogens is 384 g/mol. The van der Waals surface area contributed by atoms with Crippen LogP contribution in [-0.4, -0.2) is 23.4 Å². The molecule has 2 aromatic rings. The predicted octanol–water partition coefficient (Wildman–Crippen LogP) is 3.82. The molecule has 0 spiro atoms. The van der Waals surface area contributed by atoms with Crippen molar-refractivity contribution in [3.8, 4) is 5.75 Å². The molecule has 3 rings (SSSR count). The Bertz CT molecular complexity index is 824. The lowest BCUT2D eigenvalue weighted by Crippen LogP contribution is -2.41. The van der Waals surface area contributed by atoms with E-state index in [0.717, 1.165) is 15.6 Å². The highest BCUT2D eigenvalue weighted by Gasteiger charge is 2.49. The molecule has 5 nitrogen and oxygen atoms in total. The number of hydrogen-bond acceptors (Lipinski definition) is 3. The summed E-state index contributed by atoms with van der Waals surface area (Å²) in [7, 11) is 0. The van der Waals surface area contributed by atoms with Crippen LogP contribution in [-0.2, 0) is 16.9 Å². The van der Waals surface area contributed by atoms with Crippen LogP contribution < -0.4 is 10.1 Å². The molecule has 130 valence electrons. The van der Waals surface area contributed by atoms with E-state index in [0.29, 0.717) is 12.4 Å². The highest BCUT2D eigenvalue weighted by Crippen LogP contribution is 2.34. The number of rotatable bonds is 5. The summed E-state index contributed by atoms with van der Waals surface area (Å²) in [6.07, 6.45) is 0. The lowest BCUT2D eigenvalue weighted by Gasteiger charge is -2.23. The predicted molar refractivity (Wildman–Crippen MR) is 98.2 cm³/mol. The Labute approximate surface area is 155 Å². The van der Waals surface area contributed by atoms with E-state index < -0.39 is 11.6 Å². The van der Waals surface area contributed by atoms with Gasteiger partial charge in [-0.05, 0) is 26.0 Å². The van der Waals surface area contributed by atoms with E-state index in [-0.39, 0.29) is 12.5 Å². The number of carbonyl (C=O) groups excluding carboxylic acids is 2. The van der Waals surface area contributed by atoms with Crippen molar-refractivity contribution in [2.24, 2.45) is 0 Å². The molecule has 3 amide bonds. The van der Waals surface area contributed by atoms with Crippen molar-refractivity contribution in [2.45, 2.75) is 25.9 Å². The third kappa shape index (κ3) is 3.14. The summed E-state index contributed by atoms with van der Waals surface area (Å²) in [6, 6.07) is 14.4. The number of nitrogens with zero attached hydrogens (tertiary/aromatic N) is 1. The van der Waals surface area contributed by atoms with Crippen LogP contribution in [0.2, 0.25) is 0 Å². The van der Waals surface area contributed by atoms with Crippen molar-refractivity contribution in [3.05, 3.63) is 64.1 Å². The van der Waals surface area contributed by atoms with Gasteiger partial charge in [0.2, 0.25) is 0 Å². The highest BCUT2D eigenvalue weighted by molar-refractivity contribution is 9.10. The molecule has 0 aliphatic carbocycles. The van der Waals surface area contributed by atoms with E-state index >= 15 is 0 Å². The Morgan fingerprint density at radius 1 is 1.12 bits per heavy atom. The zero-order chi connectivity index (χ0) is 18.0. The van der Waals surface area contributed by atoms with Gasteiger partial charge in [0, 0.05) is 15.6 Å². The minimum absolute atomic E-state index is 0.168. The summed E-state index contributed by atoms with van der Waals surface area (Å²) < 4.78 is 6.38. The smallest absolute Gasteiger partial charge is 0.325 e. The van der Waals surface area contributed by atoms with Gasteiger partial charge in [-0.3, -0.25) is 9.69 Å². The molecule has 1 saturated heterocycles. The molecule has 1 N–H and O–H groups in total. The molecule has 2 aromatic carbocycles. The van der Waals surface area contributed by atoms with Crippen LogP contribution in [0.1, 0.15) is 25.0 Å². The van der Waals surface area contributed by atoms with Crippen molar-refractivity contribution in [1.29, 1.82) is 0 Å². The molecule has 0 radical (unpaired) electrons. The fraction of sp³-hybridized carbons (Fsp3) is 0.263. The van der Waals surface area contributed by atoms with Gasteiger partial charge in [-0.25, -0.2) is 4.79 Å². The molecule has 1 heterocycles. The number of ether oxygens (including phenoxy) is 1. The second-order valence-electron chi connectivity index (χ2n) is 5.97. The number of benzene rings is 2. The highest BCUT2D eigenvalue weighted by atomic mass is 79.9. The molecule has 1 aliphatic heterocycles. The number of imide groups is 1. The molecule has 1 atom stereocenters. The van der Waals surface area contributed by atoms with E-state index in [1.165, 1.54) is 4.90 Å². The van der Waals surface area contributed by atoms with Crippen molar-refractivity contribution >= 4 is 27.9 Å². The van der Waals surface area contributed by atoms with Gasteiger partial charge in [-0.15, -0.1) is 0 Å². The Morgan fingerprint density at radius 3 is 2.52 bits per heavy atom. The fourth-order valence-electron chi connectivity index (χ4n) is 2.99. The molecule has 25 heavy (non-hydrogen) atoms. The summed E-state index contributed by atoms with van der Waals surface area (Å²) >= 11 is 3.47. The molecule has 0 saturated carbocycles. The molecule has 0 unspecified atom stereocenters. The number of halogens is 1. The van der Waals surface area contributed by atoms with Gasteiger partial charge in [-0.2, -0.15) is 0 Å². The normalized spacial score (nSPS) is 19.9. The summed E-state index contributed by atoms with van der Waals surface area (Å²) in [5.74, 6) is 0.399. The van der Waals surface area contributed by atoms with Crippen LogP contribution in [0, 0.1) is 0 Å². The van der Waals surface area contributed by atoms with Gasteiger partial charge in [0.15, 0.2) is 0 Å². The van der Waals surface area contributed by atoms with Crippen molar-refractivity contribution in [3.63, 3.8) is 0 Å². The molecule has 0 aromatic heterocycles. The summed E-state index contributed by atoms with van der Waals surface area (Å²) in [5.41, 5.74) is 0.427. The van der Waals surface area contributed by atoms with Gasteiger partial charge >= 0.3 is 6.03 Å². The van der Waals surface area contributed by atoms with Crippen LogP contribution in [0.4, 0.5) is 4.79 Å². The SMILES string of the molecule is CCOc1ccccc1CN1C(=O)N[C@](C)(c2ccccc2Br)C1=O. The topological polar surface area (TPSA) is 58.6 Å². The number of urea groups is 1. The first-order chi connectivity index (χ1) is 12.0. The molecule has 1 fully saturated rings. The largest absolute Gasteiger partial charge is 0.494 e. The maximum Gasteiger partial charge on any atom is 0.325 e. The van der Waals surface area contributed by atoms with Crippen molar-refractivity contribution in [1.82, 2.24) is 10.2 Å². The summed E-state index contributed by atoms with van der Waals surface area (Å²) in [6.45, 7) is 4.31. The molecule has 0 bridgehead atoms. The third-order valence-electron chi connectivity index (χ3n) is 4.29. The number of carbonyl (C=O) groups is 2. The fourth-order valence-corrected chi connectivity index (χ4v) is 3.67. The maximum absolute atomic E-state index is 13.0. The Morgan fingerprint density at radius 2 is 1.80 bits per heavy atom. The van der Waals surface area contributed by atoms with Gasteiger partial charge < -0.3 is 10.1 Å². The van der Waals surface area contributed by atoms with Gasteiger partial charge in [0.25, 0.3) is 5.91 Å². The number of hydrogen-bond donors (Lipinski definition) is 1. The first-order valence-corrected chi connectivity index (χ1v) is 8.86. The first kappa shape index (κ1) is 17.5. The van der Waals surface area contributed by atoms with Gasteiger partial charge in [0.05, 0.1) is 13.2 Å². The third-order valence-corrected chi connectivity index (χ3v) is 4.98. The second-order valence-corrected chi connectivity index (χ2v) is 6.82. The number of amides is 3. The minimum Gasteiger partial charge on any atom is -0.494 e. The average molecular weight is 403 g/mol. The zero-order valence-corrected chi connectivity index (χ0v) is 15.7. The van der Waals surface area contributed by atoms with Crippen molar-refractivity contribution in [2.75, 3.05) is 6.61 Å². The van der Waals surface area contributed by atoms with E-state index in [2.05, 4.69) is 21.2 Å². The van der Waals surface area contributed by atoms with E-state index in [1.54, 1.807) is 6.92 Å². The van der Waals surface area contributed by atoms with Crippen molar-refractivity contribution < 1.29 is 14.3 Å². The maximum atomic E-state index is 13.0. The molecule has 6 heteroatoms. The zero-order valence-electron chi connectivity index (χ0n) is 14.1. The minimum atomic E-state index is -1.10. The van der Waals surface area contributed by atoms with Crippen LogP contribution in [0.15, 0.2) is 53.0 Å². The average Bonchev–Trinajstić information content (AvgIpc) is 2.81. The first-order valence-electron chi connectivity index (χ1n) is 8.07. The lowest BCUT2D eigenvalue weighted by molar-refractivity contribution is -0.131. The van der Waals surface area contributed by atoms with E-state index in [1.807, 2.05) is 55.5 Å². The van der Waals surface area contributed by atoms with E-state index in [9.17, 15) is 9.59 Å². The Balaban J connectivity index is 1.91. The number of nitrogens with one attached hydrogen (secondary N) is 1. The van der Waals surface area contributed by atoms with Crippen LogP contribution >= 0.6 is 15.9 Å². The Hall–Kier alpha value is -2.34. The summed E-state index contributed by atoms with van der Waals surface area (Å²) in [4.78, 5) is 26.8. The summed E-state index contributed by atoms with van der Waals surface area (Å²) in [5, 5.41) is 2.83.